The molecule has 1 aliphatic heterocycles. The molecule has 0 spiro atoms. The summed E-state index contributed by atoms with van der Waals surface area (Å²) < 4.78 is 7.42. The Morgan fingerprint density at radius 1 is 1.21 bits per heavy atom. The van der Waals surface area contributed by atoms with E-state index in [1.165, 1.54) is 18.7 Å². The summed E-state index contributed by atoms with van der Waals surface area (Å²) in [6.07, 6.45) is 6.34. The lowest BCUT2D eigenvalue weighted by Gasteiger charge is -2.11. The number of aromatic nitrogens is 4. The number of carbonyl (C=O) groups is 1. The van der Waals surface area contributed by atoms with Gasteiger partial charge in [0.25, 0.3) is 0 Å². The van der Waals surface area contributed by atoms with E-state index in [2.05, 4.69) is 26.2 Å². The monoisotopic (exact) mass is 379 g/mol. The molecule has 1 aromatic carbocycles. The van der Waals surface area contributed by atoms with E-state index in [0.29, 0.717) is 24.6 Å². The van der Waals surface area contributed by atoms with Crippen molar-refractivity contribution >= 4 is 11.6 Å². The molecule has 7 heteroatoms. The van der Waals surface area contributed by atoms with Gasteiger partial charge < -0.3 is 14.4 Å². The van der Waals surface area contributed by atoms with Crippen LogP contribution in [0.1, 0.15) is 56.6 Å². The first kappa shape index (κ1) is 18.4. The van der Waals surface area contributed by atoms with Crippen LogP contribution in [0.25, 0.3) is 11.3 Å². The molecule has 1 aliphatic rings. The molecule has 7 nitrogen and oxygen atoms in total. The summed E-state index contributed by atoms with van der Waals surface area (Å²) in [6.45, 7) is 5.06. The van der Waals surface area contributed by atoms with Crippen LogP contribution < -0.4 is 5.32 Å². The topological polar surface area (TPSA) is 85.8 Å². The SMILES string of the molecule is CC(C)c1noc(CCC(=O)Nc2ccc(-c3cn4c(n3)CCCC4)cc2)n1. The zero-order valence-electron chi connectivity index (χ0n) is 16.3. The van der Waals surface area contributed by atoms with Crippen molar-refractivity contribution < 1.29 is 9.32 Å². The summed E-state index contributed by atoms with van der Waals surface area (Å²) in [7, 11) is 0. The van der Waals surface area contributed by atoms with Crippen molar-refractivity contribution in [2.24, 2.45) is 0 Å². The van der Waals surface area contributed by atoms with Crippen LogP contribution in [0.4, 0.5) is 5.69 Å². The molecule has 0 radical (unpaired) electrons. The summed E-state index contributed by atoms with van der Waals surface area (Å²) in [6, 6.07) is 7.82. The third-order valence-corrected chi connectivity index (χ3v) is 4.94. The van der Waals surface area contributed by atoms with Crippen LogP contribution >= 0.6 is 0 Å². The van der Waals surface area contributed by atoms with E-state index in [0.717, 1.165) is 29.9 Å². The van der Waals surface area contributed by atoms with Crippen LogP contribution in [0.15, 0.2) is 35.0 Å². The smallest absolute Gasteiger partial charge is 0.227 e. The number of nitrogens with zero attached hydrogens (tertiary/aromatic N) is 4. The average molecular weight is 379 g/mol. The Morgan fingerprint density at radius 3 is 2.75 bits per heavy atom. The minimum atomic E-state index is -0.0745. The molecule has 1 N–H and O–H groups in total. The molecule has 28 heavy (non-hydrogen) atoms. The van der Waals surface area contributed by atoms with Crippen LogP contribution in [0.3, 0.4) is 0 Å². The van der Waals surface area contributed by atoms with Gasteiger partial charge in [-0.2, -0.15) is 4.98 Å². The third-order valence-electron chi connectivity index (χ3n) is 4.94. The van der Waals surface area contributed by atoms with E-state index < -0.39 is 0 Å². The molecule has 0 unspecified atom stereocenters. The highest BCUT2D eigenvalue weighted by Gasteiger charge is 2.14. The van der Waals surface area contributed by atoms with E-state index in [1.807, 2.05) is 38.1 Å². The Hall–Kier alpha value is -2.96. The molecule has 146 valence electrons. The van der Waals surface area contributed by atoms with Crippen molar-refractivity contribution in [3.8, 4) is 11.3 Å². The van der Waals surface area contributed by atoms with Gasteiger partial charge in [-0.1, -0.05) is 31.1 Å². The van der Waals surface area contributed by atoms with Crippen molar-refractivity contribution in [1.29, 1.82) is 0 Å². The first-order valence-electron chi connectivity index (χ1n) is 9.87. The highest BCUT2D eigenvalue weighted by Crippen LogP contribution is 2.24. The average Bonchev–Trinajstić information content (AvgIpc) is 3.34. The van der Waals surface area contributed by atoms with Crippen molar-refractivity contribution in [3.63, 3.8) is 0 Å². The van der Waals surface area contributed by atoms with Gasteiger partial charge in [0.05, 0.1) is 5.69 Å². The van der Waals surface area contributed by atoms with Crippen molar-refractivity contribution in [2.75, 3.05) is 5.32 Å². The molecule has 3 heterocycles. The lowest BCUT2D eigenvalue weighted by atomic mass is 10.1. The van der Waals surface area contributed by atoms with Gasteiger partial charge in [0, 0.05) is 49.2 Å². The van der Waals surface area contributed by atoms with Gasteiger partial charge in [0.15, 0.2) is 5.82 Å². The maximum absolute atomic E-state index is 12.2. The number of anilines is 1. The largest absolute Gasteiger partial charge is 0.339 e. The Balaban J connectivity index is 1.33. The van der Waals surface area contributed by atoms with Crippen LogP contribution in [-0.4, -0.2) is 25.6 Å². The number of nitrogens with one attached hydrogen (secondary N) is 1. The Labute approximate surface area is 164 Å². The maximum Gasteiger partial charge on any atom is 0.227 e. The van der Waals surface area contributed by atoms with Crippen LogP contribution in [-0.2, 0) is 24.2 Å². The Bertz CT molecular complexity index is 932. The molecular weight excluding hydrogens is 354 g/mol. The van der Waals surface area contributed by atoms with Gasteiger partial charge in [-0.25, -0.2) is 4.98 Å². The minimum absolute atomic E-state index is 0.0745. The number of amides is 1. The second-order valence-corrected chi connectivity index (χ2v) is 7.52. The lowest BCUT2D eigenvalue weighted by Crippen LogP contribution is -2.12. The third kappa shape index (κ3) is 4.13. The number of hydrogen-bond acceptors (Lipinski definition) is 5. The summed E-state index contributed by atoms with van der Waals surface area (Å²) >= 11 is 0. The van der Waals surface area contributed by atoms with E-state index in [9.17, 15) is 4.79 Å². The predicted octanol–water partition coefficient (Wildman–Crippen LogP) is 3.96. The second kappa shape index (κ2) is 7.96. The van der Waals surface area contributed by atoms with Gasteiger partial charge in [0.1, 0.15) is 5.82 Å². The molecule has 1 amide bonds. The van der Waals surface area contributed by atoms with Crippen molar-refractivity contribution in [1.82, 2.24) is 19.7 Å². The number of hydrogen-bond donors (Lipinski definition) is 1. The summed E-state index contributed by atoms with van der Waals surface area (Å²) in [5.41, 5.74) is 2.82. The van der Waals surface area contributed by atoms with Crippen molar-refractivity contribution in [2.45, 2.75) is 58.4 Å². The molecule has 0 aliphatic carbocycles. The number of fused-ring (bicyclic) bond motifs is 1. The molecule has 2 aromatic heterocycles. The second-order valence-electron chi connectivity index (χ2n) is 7.52. The van der Waals surface area contributed by atoms with Crippen LogP contribution in [0.2, 0.25) is 0 Å². The van der Waals surface area contributed by atoms with E-state index in [1.54, 1.807) is 0 Å². The van der Waals surface area contributed by atoms with Gasteiger partial charge in [-0.05, 0) is 25.0 Å². The van der Waals surface area contributed by atoms with Crippen molar-refractivity contribution in [3.05, 3.63) is 48.0 Å². The number of rotatable bonds is 6. The highest BCUT2D eigenvalue weighted by molar-refractivity contribution is 5.91. The number of carbonyl (C=O) groups excluding carboxylic acids is 1. The summed E-state index contributed by atoms with van der Waals surface area (Å²) in [5.74, 6) is 2.48. The number of imidazole rings is 1. The van der Waals surface area contributed by atoms with Gasteiger partial charge >= 0.3 is 0 Å². The lowest BCUT2D eigenvalue weighted by molar-refractivity contribution is -0.116. The molecule has 3 aromatic rings. The molecule has 4 rings (SSSR count). The normalized spacial score (nSPS) is 13.5. The minimum Gasteiger partial charge on any atom is -0.339 e. The van der Waals surface area contributed by atoms with Crippen LogP contribution in [0.5, 0.6) is 0 Å². The van der Waals surface area contributed by atoms with Crippen LogP contribution in [0, 0.1) is 0 Å². The molecule has 0 fully saturated rings. The molecule has 0 bridgehead atoms. The van der Waals surface area contributed by atoms with E-state index >= 15 is 0 Å². The summed E-state index contributed by atoms with van der Waals surface area (Å²) in [5, 5.41) is 6.83. The first-order valence-corrected chi connectivity index (χ1v) is 9.87. The highest BCUT2D eigenvalue weighted by atomic mass is 16.5. The van der Waals surface area contributed by atoms with E-state index in [4.69, 9.17) is 9.51 Å². The first-order chi connectivity index (χ1) is 13.6. The molecule has 0 saturated heterocycles. The molecule has 0 atom stereocenters. The summed E-state index contributed by atoms with van der Waals surface area (Å²) in [4.78, 5) is 21.2. The maximum atomic E-state index is 12.2. The van der Waals surface area contributed by atoms with Gasteiger partial charge in [-0.3, -0.25) is 4.79 Å². The Kier molecular flexibility index (Phi) is 5.23. The number of aryl methyl sites for hydroxylation is 3. The van der Waals surface area contributed by atoms with Gasteiger partial charge in [0.2, 0.25) is 11.8 Å². The Morgan fingerprint density at radius 2 is 2.04 bits per heavy atom. The fraction of sp³-hybridized carbons (Fsp3) is 0.429. The predicted molar refractivity (Wildman–Crippen MR) is 106 cm³/mol. The number of benzene rings is 1. The quantitative estimate of drug-likeness (QED) is 0.700. The standard InChI is InChI=1S/C21H25N5O2/c1-14(2)21-24-20(28-25-21)11-10-19(27)22-16-8-6-15(7-9-16)17-13-26-12-4-3-5-18(26)23-17/h6-9,13-14H,3-5,10-12H2,1-2H3,(H,22,27). The molecular formula is C21H25N5O2. The fourth-order valence-corrected chi connectivity index (χ4v) is 3.32. The van der Waals surface area contributed by atoms with Gasteiger partial charge in [-0.15, -0.1) is 0 Å². The fourth-order valence-electron chi connectivity index (χ4n) is 3.32. The zero-order valence-corrected chi connectivity index (χ0v) is 16.3. The molecule has 0 saturated carbocycles. The zero-order chi connectivity index (χ0) is 19.5. The van der Waals surface area contributed by atoms with E-state index in [-0.39, 0.29) is 11.8 Å².